The topological polar surface area (TPSA) is 76.1 Å². The Morgan fingerprint density at radius 1 is 0.971 bits per heavy atom. The molecule has 0 aliphatic carbocycles. The molecule has 0 fully saturated rings. The maximum absolute atomic E-state index is 13.3. The van der Waals surface area contributed by atoms with E-state index < -0.39 is 23.5 Å². The van der Waals surface area contributed by atoms with Gasteiger partial charge in [-0.25, -0.2) is 0 Å². The summed E-state index contributed by atoms with van der Waals surface area (Å²) in [6.45, 7) is 0. The Bertz CT molecular complexity index is 1280. The number of aliphatic hydroxyl groups excluding tert-OH is 1. The highest BCUT2D eigenvalue weighted by Gasteiger charge is 2.44. The van der Waals surface area contributed by atoms with Gasteiger partial charge >= 0.3 is 0 Å². The van der Waals surface area contributed by atoms with Crippen molar-refractivity contribution < 1.29 is 24.2 Å². The molecule has 7 heteroatoms. The van der Waals surface area contributed by atoms with Gasteiger partial charge in [-0.3, -0.25) is 14.5 Å². The molecule has 1 heterocycles. The third-order valence-corrected chi connectivity index (χ3v) is 6.25. The average molecular weight is 567 g/mol. The minimum absolute atomic E-state index is 0.00273. The van der Waals surface area contributed by atoms with E-state index >= 15 is 0 Å². The summed E-state index contributed by atoms with van der Waals surface area (Å²) in [7, 11) is 3.05. The Balaban J connectivity index is 1.82. The summed E-state index contributed by atoms with van der Waals surface area (Å²) >= 11 is 2.18. The molecule has 3 aromatic carbocycles. The van der Waals surface area contributed by atoms with E-state index in [2.05, 4.69) is 22.6 Å². The molecule has 172 valence electrons. The predicted molar refractivity (Wildman–Crippen MR) is 139 cm³/mol. The zero-order chi connectivity index (χ0) is 24.2. The van der Waals surface area contributed by atoms with Crippen LogP contribution in [0.25, 0.3) is 6.08 Å². The van der Waals surface area contributed by atoms with Crippen LogP contribution in [0.15, 0.2) is 90.2 Å². The highest BCUT2D eigenvalue weighted by atomic mass is 127. The van der Waals surface area contributed by atoms with Crippen LogP contribution in [-0.2, 0) is 9.59 Å². The second kappa shape index (κ2) is 10.1. The highest BCUT2D eigenvalue weighted by Crippen LogP contribution is 2.43. The monoisotopic (exact) mass is 567 g/mol. The SMILES string of the molecule is COc1ccc([C@@H]2C(C(=O)/C=C/c3ccccc3)=C(O)C(=O)N2c2ccc(I)cc2)cc1OC. The van der Waals surface area contributed by atoms with Gasteiger partial charge in [0.2, 0.25) is 0 Å². The fourth-order valence-electron chi connectivity index (χ4n) is 3.89. The van der Waals surface area contributed by atoms with Gasteiger partial charge in [0, 0.05) is 9.26 Å². The van der Waals surface area contributed by atoms with Gasteiger partial charge in [0.05, 0.1) is 25.8 Å². The van der Waals surface area contributed by atoms with Crippen molar-refractivity contribution in [2.45, 2.75) is 6.04 Å². The summed E-state index contributed by atoms with van der Waals surface area (Å²) in [5.41, 5.74) is 2.00. The van der Waals surface area contributed by atoms with E-state index in [1.165, 1.54) is 25.2 Å². The van der Waals surface area contributed by atoms with Crippen LogP contribution < -0.4 is 14.4 Å². The van der Waals surface area contributed by atoms with Crippen LogP contribution in [0.2, 0.25) is 0 Å². The van der Waals surface area contributed by atoms with E-state index in [0.717, 1.165) is 9.13 Å². The Kier molecular flexibility index (Phi) is 7.02. The van der Waals surface area contributed by atoms with Crippen LogP contribution in [0, 0.1) is 3.57 Å². The lowest BCUT2D eigenvalue weighted by Gasteiger charge is -2.27. The number of hydrogen-bond acceptors (Lipinski definition) is 5. The average Bonchev–Trinajstić information content (AvgIpc) is 3.13. The van der Waals surface area contributed by atoms with E-state index in [-0.39, 0.29) is 5.57 Å². The number of nitrogens with zero attached hydrogens (tertiary/aromatic N) is 1. The third-order valence-electron chi connectivity index (χ3n) is 5.53. The Hall–Kier alpha value is -3.59. The summed E-state index contributed by atoms with van der Waals surface area (Å²) in [5, 5.41) is 10.8. The quantitative estimate of drug-likeness (QED) is 0.302. The van der Waals surface area contributed by atoms with Crippen LogP contribution >= 0.6 is 22.6 Å². The van der Waals surface area contributed by atoms with Crippen LogP contribution in [0.3, 0.4) is 0 Å². The first-order chi connectivity index (χ1) is 16.4. The Morgan fingerprint density at radius 2 is 1.65 bits per heavy atom. The molecule has 0 bridgehead atoms. The second-order valence-electron chi connectivity index (χ2n) is 7.54. The number of aliphatic hydroxyl groups is 1. The van der Waals surface area contributed by atoms with Gasteiger partial charge in [0.15, 0.2) is 23.0 Å². The van der Waals surface area contributed by atoms with E-state index in [4.69, 9.17) is 9.47 Å². The number of carbonyl (C=O) groups is 2. The molecule has 3 aromatic rings. The van der Waals surface area contributed by atoms with Gasteiger partial charge in [-0.05, 0) is 76.2 Å². The number of benzene rings is 3. The standard InChI is InChI=1S/C27H22INO5/c1-33-22-15-9-18(16-23(22)34-2)25-24(21(30)14-8-17-6-4-3-5-7-17)26(31)27(32)29(25)20-12-10-19(28)11-13-20/h3-16,25,31H,1-2H3/b14-8+/t25-/m1/s1. The number of ketones is 1. The molecule has 0 spiro atoms. The largest absolute Gasteiger partial charge is 0.503 e. The lowest BCUT2D eigenvalue weighted by molar-refractivity contribution is -0.117. The predicted octanol–water partition coefficient (Wildman–Crippen LogP) is 5.49. The van der Waals surface area contributed by atoms with Crippen LogP contribution in [-0.4, -0.2) is 31.0 Å². The van der Waals surface area contributed by atoms with E-state index in [1.807, 2.05) is 42.5 Å². The lowest BCUT2D eigenvalue weighted by atomic mass is 9.95. The van der Waals surface area contributed by atoms with Crippen molar-refractivity contribution in [1.82, 2.24) is 0 Å². The molecule has 34 heavy (non-hydrogen) atoms. The van der Waals surface area contributed by atoms with Crippen LogP contribution in [0.1, 0.15) is 17.2 Å². The van der Waals surface area contributed by atoms with Crippen molar-refractivity contribution in [3.8, 4) is 11.5 Å². The number of amides is 1. The maximum Gasteiger partial charge on any atom is 0.294 e. The van der Waals surface area contributed by atoms with E-state index in [0.29, 0.717) is 22.7 Å². The summed E-state index contributed by atoms with van der Waals surface area (Å²) in [6, 6.07) is 21.0. The van der Waals surface area contributed by atoms with Gasteiger partial charge in [-0.15, -0.1) is 0 Å². The van der Waals surface area contributed by atoms with Crippen LogP contribution in [0.5, 0.6) is 11.5 Å². The summed E-state index contributed by atoms with van der Waals surface area (Å²) in [5.74, 6) is -0.699. The number of ether oxygens (including phenoxy) is 2. The summed E-state index contributed by atoms with van der Waals surface area (Å²) < 4.78 is 11.8. The first kappa shape index (κ1) is 23.6. The minimum atomic E-state index is -0.847. The van der Waals surface area contributed by atoms with Crippen molar-refractivity contribution in [2.24, 2.45) is 0 Å². The van der Waals surface area contributed by atoms with Gasteiger partial charge in [-0.2, -0.15) is 0 Å². The molecule has 0 aromatic heterocycles. The number of hydrogen-bond donors (Lipinski definition) is 1. The van der Waals surface area contributed by atoms with Gasteiger partial charge in [0.1, 0.15) is 0 Å². The molecule has 1 atom stereocenters. The first-order valence-corrected chi connectivity index (χ1v) is 11.5. The number of rotatable bonds is 7. The van der Waals surface area contributed by atoms with E-state index in [9.17, 15) is 14.7 Å². The lowest BCUT2D eigenvalue weighted by Crippen LogP contribution is -2.30. The number of anilines is 1. The molecule has 0 saturated carbocycles. The highest BCUT2D eigenvalue weighted by molar-refractivity contribution is 14.1. The van der Waals surface area contributed by atoms with Gasteiger partial charge in [-0.1, -0.05) is 42.5 Å². The molecule has 0 unspecified atom stereocenters. The van der Waals surface area contributed by atoms with Gasteiger partial charge < -0.3 is 14.6 Å². The number of halogens is 1. The molecule has 1 N–H and O–H groups in total. The summed E-state index contributed by atoms with van der Waals surface area (Å²) in [4.78, 5) is 28.0. The van der Waals surface area contributed by atoms with Crippen molar-refractivity contribution in [3.63, 3.8) is 0 Å². The van der Waals surface area contributed by atoms with Crippen molar-refractivity contribution in [2.75, 3.05) is 19.1 Å². The third kappa shape index (κ3) is 4.56. The zero-order valence-electron chi connectivity index (χ0n) is 18.6. The number of carbonyl (C=O) groups excluding carboxylic acids is 2. The maximum atomic E-state index is 13.3. The molecule has 0 saturated heterocycles. The number of methoxy groups -OCH3 is 2. The van der Waals surface area contributed by atoms with Crippen molar-refractivity contribution in [1.29, 1.82) is 0 Å². The Labute approximate surface area is 211 Å². The zero-order valence-corrected chi connectivity index (χ0v) is 20.7. The molecule has 1 aliphatic heterocycles. The molecule has 0 radical (unpaired) electrons. The fourth-order valence-corrected chi connectivity index (χ4v) is 4.25. The van der Waals surface area contributed by atoms with Gasteiger partial charge in [0.25, 0.3) is 5.91 Å². The molecular weight excluding hydrogens is 545 g/mol. The molecule has 1 amide bonds. The molecular formula is C27H22INO5. The smallest absolute Gasteiger partial charge is 0.294 e. The summed E-state index contributed by atoms with van der Waals surface area (Å²) in [6.07, 6.45) is 3.03. The van der Waals surface area contributed by atoms with Crippen molar-refractivity contribution in [3.05, 3.63) is 105 Å². The molecule has 1 aliphatic rings. The van der Waals surface area contributed by atoms with E-state index in [1.54, 1.807) is 36.4 Å². The normalized spacial score (nSPS) is 15.8. The minimum Gasteiger partial charge on any atom is -0.503 e. The molecule has 6 nitrogen and oxygen atoms in total. The fraction of sp³-hybridized carbons (Fsp3) is 0.111. The first-order valence-electron chi connectivity index (χ1n) is 10.5. The van der Waals surface area contributed by atoms with Crippen molar-refractivity contribution >= 4 is 46.0 Å². The van der Waals surface area contributed by atoms with Crippen LogP contribution in [0.4, 0.5) is 5.69 Å². The molecule has 4 rings (SSSR count). The Morgan fingerprint density at radius 3 is 2.29 bits per heavy atom. The number of allylic oxidation sites excluding steroid dienone is 1. The second-order valence-corrected chi connectivity index (χ2v) is 8.78.